The average Bonchev–Trinajstić information content (AvgIpc) is 3.32. The molecule has 3 aromatic rings. The van der Waals surface area contributed by atoms with Crippen molar-refractivity contribution < 1.29 is 14.6 Å². The number of ether oxygens (including phenoxy) is 2. The molecule has 0 aliphatic carbocycles. The lowest BCUT2D eigenvalue weighted by Crippen LogP contribution is -2.26. The molecule has 34 heavy (non-hydrogen) atoms. The van der Waals surface area contributed by atoms with Crippen LogP contribution in [-0.2, 0) is 4.74 Å². The molecule has 1 aliphatic heterocycles. The number of aromatic nitrogens is 2. The summed E-state index contributed by atoms with van der Waals surface area (Å²) in [5.41, 5.74) is 10.3. The predicted octanol–water partition coefficient (Wildman–Crippen LogP) is 4.05. The number of rotatable bonds is 7. The maximum atomic E-state index is 9.71. The van der Waals surface area contributed by atoms with Gasteiger partial charge in [-0.3, -0.25) is 4.99 Å². The highest BCUT2D eigenvalue weighted by Crippen LogP contribution is 2.33. The molecule has 0 spiro atoms. The zero-order valence-electron chi connectivity index (χ0n) is 19.6. The maximum absolute atomic E-state index is 9.71. The van der Waals surface area contributed by atoms with Gasteiger partial charge in [-0.25, -0.2) is 4.98 Å². The van der Waals surface area contributed by atoms with Gasteiger partial charge in [0.05, 0.1) is 31.9 Å². The van der Waals surface area contributed by atoms with Gasteiger partial charge >= 0.3 is 0 Å². The molecule has 178 valence electrons. The first-order valence-electron chi connectivity index (χ1n) is 11.5. The average molecular weight is 462 g/mol. The topological polar surface area (TPSA) is 130 Å². The number of nitriles is 1. The van der Waals surface area contributed by atoms with Gasteiger partial charge in [0.2, 0.25) is 0 Å². The molecule has 0 radical (unpaired) electrons. The van der Waals surface area contributed by atoms with Crippen molar-refractivity contribution in [3.8, 4) is 22.9 Å². The van der Waals surface area contributed by atoms with Gasteiger partial charge in [-0.05, 0) is 23.8 Å². The first kappa shape index (κ1) is 25.0. The van der Waals surface area contributed by atoms with E-state index in [0.717, 1.165) is 40.6 Å². The van der Waals surface area contributed by atoms with E-state index in [1.165, 1.54) is 6.20 Å². The Labute approximate surface area is 199 Å². The van der Waals surface area contributed by atoms with Crippen molar-refractivity contribution in [3.05, 3.63) is 54.0 Å². The maximum Gasteiger partial charge on any atom is 0.137 e. The minimum Gasteiger partial charge on any atom is -0.489 e. The van der Waals surface area contributed by atoms with Crippen molar-refractivity contribution in [2.45, 2.75) is 32.8 Å². The summed E-state index contributed by atoms with van der Waals surface area (Å²) in [4.78, 5) is 11.8. The standard InChI is InChI=1S/C24H25N5O3.C2H6/c25-11-17-9-16(1-2-23(17)32-20-3-7-31-8-4-20)22-15-29-24-21(22)10-18(14-28-24)19(12-26)13-27-5-6-30;1-2/h1-2,9-10,12-15,20,30H,3-8,26H2,(H,28,29);1-2H3/b19-12+,27-13?;. The van der Waals surface area contributed by atoms with Crippen LogP contribution in [-0.4, -0.2) is 53.8 Å². The number of aliphatic hydroxyl groups excluding tert-OH is 1. The molecule has 4 rings (SSSR count). The summed E-state index contributed by atoms with van der Waals surface area (Å²) in [7, 11) is 0. The van der Waals surface area contributed by atoms with Gasteiger partial charge in [-0.2, -0.15) is 5.26 Å². The molecule has 1 fully saturated rings. The fraction of sp³-hybridized carbons (Fsp3) is 0.346. The molecule has 0 atom stereocenters. The number of H-pyrrole nitrogens is 1. The lowest BCUT2D eigenvalue weighted by molar-refractivity contribution is 0.0254. The minimum absolute atomic E-state index is 0.0247. The number of aliphatic hydroxyl groups is 1. The monoisotopic (exact) mass is 461 g/mol. The first-order chi connectivity index (χ1) is 16.7. The van der Waals surface area contributed by atoms with Crippen LogP contribution in [0, 0.1) is 11.3 Å². The number of benzene rings is 1. The molecule has 2 aromatic heterocycles. The van der Waals surface area contributed by atoms with E-state index in [2.05, 4.69) is 21.0 Å². The van der Waals surface area contributed by atoms with E-state index < -0.39 is 0 Å². The van der Waals surface area contributed by atoms with Crippen LogP contribution in [0.2, 0.25) is 0 Å². The number of nitrogens with one attached hydrogen (secondary N) is 1. The van der Waals surface area contributed by atoms with Crippen LogP contribution in [0.25, 0.3) is 27.7 Å². The summed E-state index contributed by atoms with van der Waals surface area (Å²) in [6, 6.07) is 9.88. The lowest BCUT2D eigenvalue weighted by atomic mass is 10.0. The molecule has 4 N–H and O–H groups in total. The lowest BCUT2D eigenvalue weighted by Gasteiger charge is -2.23. The zero-order chi connectivity index (χ0) is 24.3. The molecule has 1 aromatic carbocycles. The Morgan fingerprint density at radius 1 is 1.35 bits per heavy atom. The van der Waals surface area contributed by atoms with Gasteiger partial charge in [0, 0.05) is 59.7 Å². The number of aromatic amines is 1. The summed E-state index contributed by atoms with van der Waals surface area (Å²) in [5, 5.41) is 19.5. The molecular formula is C26H31N5O3. The van der Waals surface area contributed by atoms with E-state index in [9.17, 15) is 5.26 Å². The van der Waals surface area contributed by atoms with Crippen LogP contribution in [0.1, 0.15) is 37.8 Å². The Bertz CT molecular complexity index is 1190. The van der Waals surface area contributed by atoms with Gasteiger partial charge in [-0.15, -0.1) is 0 Å². The van der Waals surface area contributed by atoms with Gasteiger partial charge < -0.3 is 25.3 Å². The summed E-state index contributed by atoms with van der Waals surface area (Å²) in [6.07, 6.45) is 8.40. The van der Waals surface area contributed by atoms with Crippen molar-refractivity contribution in [1.29, 1.82) is 5.26 Å². The number of aliphatic imine (C=N–C) groups is 1. The highest BCUT2D eigenvalue weighted by atomic mass is 16.5. The fourth-order valence-corrected chi connectivity index (χ4v) is 3.70. The third kappa shape index (κ3) is 5.81. The number of nitrogens with zero attached hydrogens (tertiary/aromatic N) is 3. The largest absolute Gasteiger partial charge is 0.489 e. The van der Waals surface area contributed by atoms with E-state index >= 15 is 0 Å². The van der Waals surface area contributed by atoms with E-state index in [1.807, 2.05) is 44.3 Å². The van der Waals surface area contributed by atoms with Crippen LogP contribution >= 0.6 is 0 Å². The van der Waals surface area contributed by atoms with Crippen molar-refractivity contribution in [2.24, 2.45) is 10.7 Å². The number of allylic oxidation sites excluding steroid dienone is 1. The number of fused-ring (bicyclic) bond motifs is 1. The van der Waals surface area contributed by atoms with Crippen molar-refractivity contribution in [1.82, 2.24) is 9.97 Å². The van der Waals surface area contributed by atoms with E-state index in [1.54, 1.807) is 12.4 Å². The second-order valence-corrected chi connectivity index (χ2v) is 7.46. The van der Waals surface area contributed by atoms with Crippen LogP contribution in [0.15, 0.2) is 47.9 Å². The zero-order valence-corrected chi connectivity index (χ0v) is 19.6. The van der Waals surface area contributed by atoms with Gasteiger partial charge in [0.25, 0.3) is 0 Å². The third-order valence-corrected chi connectivity index (χ3v) is 5.38. The molecule has 8 nitrogen and oxygen atoms in total. The molecule has 0 bridgehead atoms. The smallest absolute Gasteiger partial charge is 0.137 e. The molecule has 3 heterocycles. The number of pyridine rings is 1. The summed E-state index contributed by atoms with van der Waals surface area (Å²) < 4.78 is 11.5. The van der Waals surface area contributed by atoms with Crippen LogP contribution in [0.3, 0.4) is 0 Å². The third-order valence-electron chi connectivity index (χ3n) is 5.38. The normalized spacial score (nSPS) is 14.6. The Morgan fingerprint density at radius 2 is 2.15 bits per heavy atom. The highest BCUT2D eigenvalue weighted by molar-refractivity contribution is 6.10. The quantitative estimate of drug-likeness (QED) is 0.455. The Kier molecular flexibility index (Phi) is 9.21. The van der Waals surface area contributed by atoms with Crippen LogP contribution < -0.4 is 10.5 Å². The fourth-order valence-electron chi connectivity index (χ4n) is 3.70. The summed E-state index contributed by atoms with van der Waals surface area (Å²) in [5.74, 6) is 0.593. The predicted molar refractivity (Wildman–Crippen MR) is 135 cm³/mol. The SMILES string of the molecule is CC.N#Cc1cc(-c2c[nH]c3ncc(/C(C=NCCO)=C/N)cc23)ccc1OC1CCOCC1. The van der Waals surface area contributed by atoms with Crippen molar-refractivity contribution in [3.63, 3.8) is 0 Å². The Hall–Kier alpha value is -3.67. The van der Waals surface area contributed by atoms with Crippen molar-refractivity contribution in [2.75, 3.05) is 26.4 Å². The number of hydrogen-bond acceptors (Lipinski definition) is 7. The van der Waals surface area contributed by atoms with E-state index in [4.69, 9.17) is 20.3 Å². The minimum atomic E-state index is -0.0247. The molecule has 1 aliphatic rings. The van der Waals surface area contributed by atoms with Gasteiger partial charge in [0.1, 0.15) is 23.6 Å². The highest BCUT2D eigenvalue weighted by Gasteiger charge is 2.18. The number of nitrogens with two attached hydrogens (primary N) is 1. The van der Waals surface area contributed by atoms with Crippen LogP contribution in [0.5, 0.6) is 5.75 Å². The van der Waals surface area contributed by atoms with Crippen LogP contribution in [0.4, 0.5) is 0 Å². The molecule has 8 heteroatoms. The van der Waals surface area contributed by atoms with Gasteiger partial charge in [-0.1, -0.05) is 19.9 Å². The Balaban J connectivity index is 0.00000158. The number of hydrogen-bond donors (Lipinski definition) is 3. The summed E-state index contributed by atoms with van der Waals surface area (Å²) >= 11 is 0. The Morgan fingerprint density at radius 3 is 2.85 bits per heavy atom. The second-order valence-electron chi connectivity index (χ2n) is 7.46. The summed E-state index contributed by atoms with van der Waals surface area (Å²) in [6.45, 7) is 5.64. The van der Waals surface area contributed by atoms with Gasteiger partial charge in [0.15, 0.2) is 0 Å². The first-order valence-corrected chi connectivity index (χ1v) is 11.5. The molecule has 0 unspecified atom stereocenters. The molecule has 0 saturated carbocycles. The molecular weight excluding hydrogens is 430 g/mol. The second kappa shape index (κ2) is 12.5. The molecule has 1 saturated heterocycles. The molecule has 0 amide bonds. The van der Waals surface area contributed by atoms with Crippen molar-refractivity contribution >= 4 is 22.8 Å². The van der Waals surface area contributed by atoms with E-state index in [-0.39, 0.29) is 12.7 Å². The van der Waals surface area contributed by atoms with E-state index in [0.29, 0.717) is 36.6 Å².